The zero-order valence-electron chi connectivity index (χ0n) is 5.78. The fourth-order valence-electron chi connectivity index (χ4n) is 0.793. The molecule has 1 aliphatic rings. The summed E-state index contributed by atoms with van der Waals surface area (Å²) >= 11 is 1.24. The Labute approximate surface area is 67.8 Å². The van der Waals surface area contributed by atoms with Gasteiger partial charge in [0.25, 0.3) is 0 Å². The van der Waals surface area contributed by atoms with Gasteiger partial charge in [-0.1, -0.05) is 4.49 Å². The first-order valence-electron chi connectivity index (χ1n) is 3.44. The molecule has 1 saturated carbocycles. The average molecular weight is 169 g/mol. The van der Waals surface area contributed by atoms with Crippen LogP contribution in [0, 0.1) is 5.92 Å². The number of nitrogens with one attached hydrogen (secondary N) is 1. The van der Waals surface area contributed by atoms with Crippen LogP contribution in [-0.4, -0.2) is 15.5 Å². The van der Waals surface area contributed by atoms with Crippen LogP contribution in [0.5, 0.6) is 0 Å². The molecule has 2 rings (SSSR count). The SMILES string of the molecule is O=C(Nc1csnn1)C1CC1. The largest absolute Gasteiger partial charge is 0.308 e. The highest BCUT2D eigenvalue weighted by atomic mass is 32.1. The fraction of sp³-hybridized carbons (Fsp3) is 0.500. The van der Waals surface area contributed by atoms with Gasteiger partial charge in [0.1, 0.15) is 0 Å². The first kappa shape index (κ1) is 6.72. The lowest BCUT2D eigenvalue weighted by molar-refractivity contribution is -0.117. The van der Waals surface area contributed by atoms with E-state index in [2.05, 4.69) is 14.9 Å². The summed E-state index contributed by atoms with van der Waals surface area (Å²) in [6.45, 7) is 0. The molecule has 5 heteroatoms. The van der Waals surface area contributed by atoms with Crippen LogP contribution in [0.1, 0.15) is 12.8 Å². The Morgan fingerprint density at radius 2 is 2.55 bits per heavy atom. The van der Waals surface area contributed by atoms with Crippen molar-refractivity contribution in [3.05, 3.63) is 5.38 Å². The third kappa shape index (κ3) is 1.54. The van der Waals surface area contributed by atoms with Crippen molar-refractivity contribution >= 4 is 23.3 Å². The summed E-state index contributed by atoms with van der Waals surface area (Å²) in [6.07, 6.45) is 2.03. The number of rotatable bonds is 2. The number of hydrogen-bond donors (Lipinski definition) is 1. The van der Waals surface area contributed by atoms with E-state index in [4.69, 9.17) is 0 Å². The Hall–Kier alpha value is -0.970. The summed E-state index contributed by atoms with van der Waals surface area (Å²) in [5.74, 6) is 0.890. The molecule has 0 radical (unpaired) electrons. The van der Waals surface area contributed by atoms with E-state index in [-0.39, 0.29) is 11.8 Å². The van der Waals surface area contributed by atoms with Gasteiger partial charge in [0, 0.05) is 5.92 Å². The second kappa shape index (κ2) is 2.58. The van der Waals surface area contributed by atoms with Gasteiger partial charge in [0.05, 0.1) is 5.38 Å². The summed E-state index contributed by atoms with van der Waals surface area (Å²) in [6, 6.07) is 0. The van der Waals surface area contributed by atoms with Crippen molar-refractivity contribution in [3.63, 3.8) is 0 Å². The Morgan fingerprint density at radius 3 is 3.09 bits per heavy atom. The highest BCUT2D eigenvalue weighted by Gasteiger charge is 2.29. The van der Waals surface area contributed by atoms with E-state index in [0.29, 0.717) is 5.82 Å². The van der Waals surface area contributed by atoms with E-state index in [1.54, 1.807) is 5.38 Å². The third-order valence-electron chi connectivity index (χ3n) is 1.56. The number of anilines is 1. The predicted octanol–water partition coefficient (Wildman–Crippen LogP) is 0.887. The van der Waals surface area contributed by atoms with Crippen molar-refractivity contribution in [1.82, 2.24) is 9.59 Å². The summed E-state index contributed by atoms with van der Waals surface area (Å²) in [5, 5.41) is 8.11. The molecule has 0 bridgehead atoms. The molecule has 0 unspecified atom stereocenters. The topological polar surface area (TPSA) is 54.9 Å². The minimum atomic E-state index is 0.0812. The van der Waals surface area contributed by atoms with Gasteiger partial charge in [0.15, 0.2) is 5.82 Å². The van der Waals surface area contributed by atoms with Gasteiger partial charge >= 0.3 is 0 Å². The van der Waals surface area contributed by atoms with Gasteiger partial charge in [-0.15, -0.1) is 5.10 Å². The van der Waals surface area contributed by atoms with Crippen molar-refractivity contribution in [3.8, 4) is 0 Å². The first-order chi connectivity index (χ1) is 5.36. The summed E-state index contributed by atoms with van der Waals surface area (Å²) in [4.78, 5) is 11.1. The molecule has 0 aliphatic heterocycles. The van der Waals surface area contributed by atoms with Crippen LogP contribution in [-0.2, 0) is 4.79 Å². The van der Waals surface area contributed by atoms with Gasteiger partial charge in [-0.25, -0.2) is 0 Å². The molecule has 58 valence electrons. The number of hydrogen-bond acceptors (Lipinski definition) is 4. The lowest BCUT2D eigenvalue weighted by Gasteiger charge is -1.95. The lowest BCUT2D eigenvalue weighted by atomic mass is 10.4. The maximum Gasteiger partial charge on any atom is 0.228 e. The van der Waals surface area contributed by atoms with Gasteiger partial charge in [0.2, 0.25) is 5.91 Å². The molecule has 1 amide bonds. The van der Waals surface area contributed by atoms with Crippen LogP contribution in [0.2, 0.25) is 0 Å². The quantitative estimate of drug-likeness (QED) is 0.715. The molecule has 0 aromatic carbocycles. The van der Waals surface area contributed by atoms with Crippen LogP contribution < -0.4 is 5.32 Å². The maximum absolute atomic E-state index is 11.1. The first-order valence-corrected chi connectivity index (χ1v) is 4.28. The summed E-state index contributed by atoms with van der Waals surface area (Å²) < 4.78 is 3.63. The van der Waals surface area contributed by atoms with Crippen LogP contribution in [0.15, 0.2) is 5.38 Å². The molecular formula is C6H7N3OS. The molecular weight excluding hydrogens is 162 g/mol. The summed E-state index contributed by atoms with van der Waals surface area (Å²) in [5.41, 5.74) is 0. The minimum absolute atomic E-state index is 0.0812. The fourth-order valence-corrected chi connectivity index (χ4v) is 1.18. The zero-order chi connectivity index (χ0) is 7.68. The van der Waals surface area contributed by atoms with E-state index < -0.39 is 0 Å². The third-order valence-corrected chi connectivity index (χ3v) is 2.06. The molecule has 0 spiro atoms. The molecule has 1 aromatic heterocycles. The number of amides is 1. The number of carbonyl (C=O) groups excluding carboxylic acids is 1. The molecule has 1 N–H and O–H groups in total. The van der Waals surface area contributed by atoms with Crippen molar-refractivity contribution < 1.29 is 4.79 Å². The van der Waals surface area contributed by atoms with Crippen molar-refractivity contribution in [2.45, 2.75) is 12.8 Å². The molecule has 4 nitrogen and oxygen atoms in total. The smallest absolute Gasteiger partial charge is 0.228 e. The van der Waals surface area contributed by atoms with Gasteiger partial charge in [-0.2, -0.15) is 0 Å². The predicted molar refractivity (Wildman–Crippen MR) is 41.3 cm³/mol. The average Bonchev–Trinajstić information content (AvgIpc) is 2.73. The number of aromatic nitrogens is 2. The zero-order valence-corrected chi connectivity index (χ0v) is 6.60. The van der Waals surface area contributed by atoms with Crippen LogP contribution in [0.4, 0.5) is 5.82 Å². The maximum atomic E-state index is 11.1. The Balaban J connectivity index is 1.94. The van der Waals surface area contributed by atoms with E-state index in [0.717, 1.165) is 12.8 Å². The van der Waals surface area contributed by atoms with Gasteiger partial charge in [-0.3, -0.25) is 4.79 Å². The van der Waals surface area contributed by atoms with E-state index in [9.17, 15) is 4.79 Å². The van der Waals surface area contributed by atoms with E-state index in [1.165, 1.54) is 11.5 Å². The van der Waals surface area contributed by atoms with Gasteiger partial charge < -0.3 is 5.32 Å². The minimum Gasteiger partial charge on any atom is -0.308 e. The van der Waals surface area contributed by atoms with Crippen molar-refractivity contribution in [2.75, 3.05) is 5.32 Å². The molecule has 11 heavy (non-hydrogen) atoms. The molecule has 1 heterocycles. The lowest BCUT2D eigenvalue weighted by Crippen LogP contribution is -2.13. The van der Waals surface area contributed by atoms with Crippen LogP contribution >= 0.6 is 11.5 Å². The monoisotopic (exact) mass is 169 g/mol. The van der Waals surface area contributed by atoms with Crippen molar-refractivity contribution in [2.24, 2.45) is 5.92 Å². The highest BCUT2D eigenvalue weighted by molar-refractivity contribution is 7.03. The second-order valence-electron chi connectivity index (χ2n) is 2.55. The molecule has 1 aromatic rings. The second-order valence-corrected chi connectivity index (χ2v) is 3.16. The van der Waals surface area contributed by atoms with E-state index >= 15 is 0 Å². The Morgan fingerprint density at radius 1 is 1.73 bits per heavy atom. The molecule has 1 fully saturated rings. The van der Waals surface area contributed by atoms with Crippen molar-refractivity contribution in [1.29, 1.82) is 0 Å². The Kier molecular flexibility index (Phi) is 1.58. The normalized spacial score (nSPS) is 16.4. The number of nitrogens with zero attached hydrogens (tertiary/aromatic N) is 2. The van der Waals surface area contributed by atoms with Gasteiger partial charge in [-0.05, 0) is 24.4 Å². The Bertz CT molecular complexity index is 255. The highest BCUT2D eigenvalue weighted by Crippen LogP contribution is 2.29. The standard InChI is InChI=1S/C6H7N3OS/c10-6(4-1-2-4)7-5-3-11-9-8-5/h3-4H,1-2H2,(H,7,10). The molecule has 1 aliphatic carbocycles. The van der Waals surface area contributed by atoms with E-state index in [1.807, 2.05) is 0 Å². The number of carbonyl (C=O) groups is 1. The van der Waals surface area contributed by atoms with Crippen LogP contribution in [0.25, 0.3) is 0 Å². The summed E-state index contributed by atoms with van der Waals surface area (Å²) in [7, 11) is 0. The molecule has 0 saturated heterocycles. The van der Waals surface area contributed by atoms with Crippen LogP contribution in [0.3, 0.4) is 0 Å². The molecule has 0 atom stereocenters.